The van der Waals surface area contributed by atoms with Crippen LogP contribution in [0.4, 0.5) is 0 Å². The summed E-state index contributed by atoms with van der Waals surface area (Å²) >= 11 is 0. The number of rotatable bonds is 4. The lowest BCUT2D eigenvalue weighted by Crippen LogP contribution is -2.34. The number of nitrogens with one attached hydrogen (secondary N) is 2. The fourth-order valence-corrected chi connectivity index (χ4v) is 3.47. The van der Waals surface area contributed by atoms with Crippen LogP contribution in [0.25, 0.3) is 5.65 Å². The minimum absolute atomic E-state index is 0.0621. The number of aryl methyl sites for hydroxylation is 2. The summed E-state index contributed by atoms with van der Waals surface area (Å²) in [7, 11) is 1.89. The van der Waals surface area contributed by atoms with Gasteiger partial charge in [0.1, 0.15) is 5.65 Å². The number of aromatic nitrogens is 4. The van der Waals surface area contributed by atoms with Crippen molar-refractivity contribution in [2.24, 2.45) is 13.0 Å². The van der Waals surface area contributed by atoms with Gasteiger partial charge in [0.05, 0.1) is 24.4 Å². The first-order chi connectivity index (χ1) is 12.1. The van der Waals surface area contributed by atoms with Crippen LogP contribution in [0, 0.1) is 12.8 Å². The molecule has 0 radical (unpaired) electrons. The van der Waals surface area contributed by atoms with Gasteiger partial charge in [-0.1, -0.05) is 0 Å². The number of nitrogens with zero attached hydrogens (tertiary/aromatic N) is 4. The highest BCUT2D eigenvalue weighted by Crippen LogP contribution is 2.27. The van der Waals surface area contributed by atoms with Crippen molar-refractivity contribution in [2.45, 2.75) is 19.4 Å². The number of fused-ring (bicyclic) bond motifs is 1. The highest BCUT2D eigenvalue weighted by atomic mass is 16.1. The zero-order chi connectivity index (χ0) is 17.4. The average Bonchev–Trinajstić information content (AvgIpc) is 3.30. The standard InChI is InChI=1S/C18H22N6O/c1-12-3-4-24-11-14(22-17(24)5-12)7-20-18(25)16-9-19-8-15(16)13-6-21-23(2)10-13/h3-6,10-11,15-16,19H,7-9H2,1-2H3,(H,20,25)/t15-,16+/m1/s1. The topological polar surface area (TPSA) is 76.2 Å². The molecule has 3 aromatic rings. The Kier molecular flexibility index (Phi) is 4.01. The Morgan fingerprint density at radius 2 is 2.28 bits per heavy atom. The number of imidazole rings is 1. The van der Waals surface area contributed by atoms with E-state index < -0.39 is 0 Å². The summed E-state index contributed by atoms with van der Waals surface area (Å²) in [5, 5.41) is 10.6. The first kappa shape index (κ1) is 15.8. The summed E-state index contributed by atoms with van der Waals surface area (Å²) < 4.78 is 3.76. The molecule has 0 unspecified atom stereocenters. The van der Waals surface area contributed by atoms with Gasteiger partial charge in [-0.15, -0.1) is 0 Å². The Morgan fingerprint density at radius 1 is 1.40 bits per heavy atom. The number of carbonyl (C=O) groups is 1. The molecule has 1 aliphatic heterocycles. The quantitative estimate of drug-likeness (QED) is 0.744. The third-order valence-electron chi connectivity index (χ3n) is 4.81. The van der Waals surface area contributed by atoms with Crippen molar-refractivity contribution in [2.75, 3.05) is 13.1 Å². The molecule has 25 heavy (non-hydrogen) atoms. The number of pyridine rings is 1. The van der Waals surface area contributed by atoms with E-state index in [4.69, 9.17) is 0 Å². The molecule has 3 aromatic heterocycles. The summed E-state index contributed by atoms with van der Waals surface area (Å²) in [5.74, 6) is 0.146. The van der Waals surface area contributed by atoms with E-state index in [1.54, 1.807) is 4.68 Å². The van der Waals surface area contributed by atoms with Crippen LogP contribution in [-0.4, -0.2) is 38.2 Å². The fraction of sp³-hybridized carbons (Fsp3) is 0.389. The first-order valence-electron chi connectivity index (χ1n) is 8.51. The van der Waals surface area contributed by atoms with Gasteiger partial charge in [0.25, 0.3) is 0 Å². The fourth-order valence-electron chi connectivity index (χ4n) is 3.47. The van der Waals surface area contributed by atoms with Gasteiger partial charge in [-0.2, -0.15) is 5.10 Å². The second-order valence-corrected chi connectivity index (χ2v) is 6.74. The zero-order valence-electron chi connectivity index (χ0n) is 14.4. The molecule has 4 heterocycles. The van der Waals surface area contributed by atoms with Crippen LogP contribution in [0.15, 0.2) is 36.9 Å². The lowest BCUT2D eigenvalue weighted by atomic mass is 9.90. The van der Waals surface area contributed by atoms with Crippen LogP contribution in [0.2, 0.25) is 0 Å². The molecule has 1 fully saturated rings. The molecule has 1 amide bonds. The van der Waals surface area contributed by atoms with Crippen molar-refractivity contribution in [1.29, 1.82) is 0 Å². The van der Waals surface area contributed by atoms with Crippen molar-refractivity contribution >= 4 is 11.6 Å². The number of hydrogen-bond acceptors (Lipinski definition) is 4. The SMILES string of the molecule is Cc1ccn2cc(CNC(=O)[C@H]3CNC[C@@H]3c3cnn(C)c3)nc2c1. The summed E-state index contributed by atoms with van der Waals surface area (Å²) in [6, 6.07) is 4.07. The van der Waals surface area contributed by atoms with Gasteiger partial charge < -0.3 is 15.0 Å². The largest absolute Gasteiger partial charge is 0.350 e. The molecule has 1 saturated heterocycles. The van der Waals surface area contributed by atoms with Crippen LogP contribution in [0.3, 0.4) is 0 Å². The van der Waals surface area contributed by atoms with E-state index in [1.165, 1.54) is 5.56 Å². The van der Waals surface area contributed by atoms with E-state index in [2.05, 4.69) is 20.7 Å². The Labute approximate surface area is 146 Å². The summed E-state index contributed by atoms with van der Waals surface area (Å²) in [6.45, 7) is 3.98. The number of hydrogen-bond donors (Lipinski definition) is 2. The van der Waals surface area contributed by atoms with E-state index >= 15 is 0 Å². The predicted octanol–water partition coefficient (Wildman–Crippen LogP) is 0.996. The van der Waals surface area contributed by atoms with E-state index in [-0.39, 0.29) is 17.7 Å². The lowest BCUT2D eigenvalue weighted by molar-refractivity contribution is -0.125. The normalized spacial score (nSPS) is 20.2. The summed E-state index contributed by atoms with van der Waals surface area (Å²) in [5.41, 5.74) is 4.05. The van der Waals surface area contributed by atoms with Crippen LogP contribution in [0.1, 0.15) is 22.7 Å². The van der Waals surface area contributed by atoms with Gasteiger partial charge >= 0.3 is 0 Å². The predicted molar refractivity (Wildman–Crippen MR) is 94.1 cm³/mol. The van der Waals surface area contributed by atoms with Gasteiger partial charge in [-0.25, -0.2) is 4.98 Å². The van der Waals surface area contributed by atoms with E-state index in [0.717, 1.165) is 23.4 Å². The van der Waals surface area contributed by atoms with Crippen molar-refractivity contribution < 1.29 is 4.79 Å². The third kappa shape index (κ3) is 3.15. The maximum absolute atomic E-state index is 12.7. The molecule has 0 spiro atoms. The van der Waals surface area contributed by atoms with Crippen LogP contribution in [-0.2, 0) is 18.4 Å². The number of carbonyl (C=O) groups excluding carboxylic acids is 1. The Morgan fingerprint density at radius 3 is 3.08 bits per heavy atom. The molecule has 0 bridgehead atoms. The smallest absolute Gasteiger partial charge is 0.225 e. The van der Waals surface area contributed by atoms with Crippen LogP contribution in [0.5, 0.6) is 0 Å². The van der Waals surface area contributed by atoms with Crippen molar-refractivity contribution in [3.05, 3.63) is 53.7 Å². The highest BCUT2D eigenvalue weighted by Gasteiger charge is 2.34. The lowest BCUT2D eigenvalue weighted by Gasteiger charge is -2.16. The Hall–Kier alpha value is -2.67. The van der Waals surface area contributed by atoms with E-state index in [1.807, 2.05) is 55.3 Å². The van der Waals surface area contributed by atoms with Crippen LogP contribution < -0.4 is 10.6 Å². The van der Waals surface area contributed by atoms with Crippen molar-refractivity contribution in [3.8, 4) is 0 Å². The van der Waals surface area contributed by atoms with Gasteiger partial charge in [0.15, 0.2) is 0 Å². The molecule has 7 nitrogen and oxygen atoms in total. The Bertz CT molecular complexity index is 911. The minimum atomic E-state index is -0.0801. The van der Waals surface area contributed by atoms with E-state index in [0.29, 0.717) is 13.1 Å². The molecule has 2 atom stereocenters. The molecule has 7 heteroatoms. The third-order valence-corrected chi connectivity index (χ3v) is 4.81. The Balaban J connectivity index is 1.43. The molecular weight excluding hydrogens is 316 g/mol. The zero-order valence-corrected chi connectivity index (χ0v) is 14.4. The van der Waals surface area contributed by atoms with Crippen molar-refractivity contribution in [1.82, 2.24) is 29.8 Å². The van der Waals surface area contributed by atoms with E-state index in [9.17, 15) is 4.79 Å². The molecule has 0 saturated carbocycles. The van der Waals surface area contributed by atoms with Gasteiger partial charge in [0.2, 0.25) is 5.91 Å². The maximum Gasteiger partial charge on any atom is 0.225 e. The molecule has 1 aliphatic rings. The summed E-state index contributed by atoms with van der Waals surface area (Å²) in [4.78, 5) is 17.2. The van der Waals surface area contributed by atoms with Gasteiger partial charge in [0, 0.05) is 44.6 Å². The molecule has 2 N–H and O–H groups in total. The van der Waals surface area contributed by atoms with Gasteiger partial charge in [-0.05, 0) is 30.2 Å². The van der Waals surface area contributed by atoms with Crippen molar-refractivity contribution in [3.63, 3.8) is 0 Å². The molecule has 0 aliphatic carbocycles. The van der Waals surface area contributed by atoms with Crippen LogP contribution >= 0.6 is 0 Å². The highest BCUT2D eigenvalue weighted by molar-refractivity contribution is 5.80. The minimum Gasteiger partial charge on any atom is -0.350 e. The monoisotopic (exact) mass is 338 g/mol. The first-order valence-corrected chi connectivity index (χ1v) is 8.51. The maximum atomic E-state index is 12.7. The van der Waals surface area contributed by atoms with Gasteiger partial charge in [-0.3, -0.25) is 9.48 Å². The molecule has 130 valence electrons. The molecule has 0 aromatic carbocycles. The molecule has 4 rings (SSSR count). The summed E-state index contributed by atoms with van der Waals surface area (Å²) in [6.07, 6.45) is 7.79. The average molecular weight is 338 g/mol. The molecular formula is C18H22N6O. The number of amides is 1. The second kappa shape index (κ2) is 6.33. The second-order valence-electron chi connectivity index (χ2n) is 6.74.